The Bertz CT molecular complexity index is 516. The van der Waals surface area contributed by atoms with Crippen molar-refractivity contribution in [3.8, 4) is 0 Å². The summed E-state index contributed by atoms with van der Waals surface area (Å²) in [6.45, 7) is 5.15. The first-order valence-electron chi connectivity index (χ1n) is 5.83. The molecule has 1 fully saturated rings. The molecule has 1 aromatic carbocycles. The minimum absolute atomic E-state index is 0.610. The van der Waals surface area contributed by atoms with Crippen molar-refractivity contribution in [1.29, 1.82) is 0 Å². The van der Waals surface area contributed by atoms with Gasteiger partial charge < -0.3 is 5.32 Å². The number of thioether (sulfide) groups is 1. The van der Waals surface area contributed by atoms with Crippen LogP contribution in [0.2, 0.25) is 5.02 Å². The molecule has 1 aliphatic heterocycles. The summed E-state index contributed by atoms with van der Waals surface area (Å²) in [5.74, 6) is 0.993. The number of nitrogens with zero attached hydrogens (tertiary/aromatic N) is 2. The summed E-state index contributed by atoms with van der Waals surface area (Å²) < 4.78 is 0. The highest BCUT2D eigenvalue weighted by molar-refractivity contribution is 8.14. The lowest BCUT2D eigenvalue weighted by atomic mass is 10.3. The summed E-state index contributed by atoms with van der Waals surface area (Å²) in [4.78, 5) is 6.44. The molecule has 1 saturated heterocycles. The zero-order valence-corrected chi connectivity index (χ0v) is 12.7. The molecular weight excluding hydrogens is 298 g/mol. The summed E-state index contributed by atoms with van der Waals surface area (Å²) in [5, 5.41) is 5.46. The van der Waals surface area contributed by atoms with E-state index in [1.807, 2.05) is 29.2 Å². The Morgan fingerprint density at radius 3 is 3.21 bits per heavy atom. The topological polar surface area (TPSA) is 27.6 Å². The highest BCUT2D eigenvalue weighted by Crippen LogP contribution is 2.21. The lowest BCUT2D eigenvalue weighted by molar-refractivity contribution is 0.685. The van der Waals surface area contributed by atoms with Gasteiger partial charge in [0.15, 0.2) is 10.3 Å². The first-order valence-corrected chi connectivity index (χ1v) is 7.60. The van der Waals surface area contributed by atoms with Crippen LogP contribution >= 0.6 is 35.6 Å². The lowest BCUT2D eigenvalue weighted by Crippen LogP contribution is -2.35. The molecule has 2 rings (SSSR count). The van der Waals surface area contributed by atoms with Crippen LogP contribution in [0.3, 0.4) is 0 Å². The van der Waals surface area contributed by atoms with Gasteiger partial charge in [-0.25, -0.2) is 0 Å². The van der Waals surface area contributed by atoms with Gasteiger partial charge in [-0.1, -0.05) is 35.5 Å². The van der Waals surface area contributed by atoms with Crippen molar-refractivity contribution >= 4 is 51.5 Å². The smallest absolute Gasteiger partial charge is 0.179 e. The van der Waals surface area contributed by atoms with E-state index in [1.54, 1.807) is 17.8 Å². The number of anilines is 1. The van der Waals surface area contributed by atoms with Gasteiger partial charge in [0, 0.05) is 23.0 Å². The van der Waals surface area contributed by atoms with Crippen molar-refractivity contribution in [2.24, 2.45) is 4.99 Å². The maximum atomic E-state index is 5.95. The van der Waals surface area contributed by atoms with Crippen molar-refractivity contribution in [3.05, 3.63) is 41.9 Å². The van der Waals surface area contributed by atoms with Gasteiger partial charge >= 0.3 is 0 Å². The second-order valence-electron chi connectivity index (χ2n) is 3.85. The third-order valence-electron chi connectivity index (χ3n) is 2.45. The van der Waals surface area contributed by atoms with E-state index in [1.165, 1.54) is 0 Å². The van der Waals surface area contributed by atoms with Gasteiger partial charge in [-0.3, -0.25) is 9.89 Å². The van der Waals surface area contributed by atoms with E-state index in [-0.39, 0.29) is 0 Å². The van der Waals surface area contributed by atoms with Gasteiger partial charge in [-0.15, -0.1) is 6.58 Å². The Morgan fingerprint density at radius 1 is 1.63 bits per heavy atom. The second kappa shape index (κ2) is 6.93. The largest absolute Gasteiger partial charge is 0.332 e. The average Bonchev–Trinajstić information content (AvgIpc) is 2.84. The van der Waals surface area contributed by atoms with E-state index in [2.05, 4.69) is 16.9 Å². The molecule has 0 amide bonds. The van der Waals surface area contributed by atoms with E-state index in [0.717, 1.165) is 23.2 Å². The van der Waals surface area contributed by atoms with Gasteiger partial charge in [0.2, 0.25) is 0 Å². The molecule has 0 bridgehead atoms. The van der Waals surface area contributed by atoms with Crippen LogP contribution in [-0.4, -0.2) is 34.0 Å². The number of aliphatic imine (C=N–C) groups is 1. The molecule has 3 nitrogen and oxygen atoms in total. The summed E-state index contributed by atoms with van der Waals surface area (Å²) >= 11 is 13.1. The van der Waals surface area contributed by atoms with E-state index in [0.29, 0.717) is 16.7 Å². The maximum Gasteiger partial charge on any atom is 0.179 e. The third kappa shape index (κ3) is 3.96. The lowest BCUT2D eigenvalue weighted by Gasteiger charge is -2.20. The second-order valence-corrected chi connectivity index (χ2v) is 5.74. The fourth-order valence-corrected chi connectivity index (χ4v) is 3.13. The summed E-state index contributed by atoms with van der Waals surface area (Å²) in [6.07, 6.45) is 1.78. The Labute approximate surface area is 127 Å². The molecule has 1 aliphatic rings. The van der Waals surface area contributed by atoms with Crippen LogP contribution in [0.5, 0.6) is 0 Å². The van der Waals surface area contributed by atoms with Gasteiger partial charge in [-0.2, -0.15) is 0 Å². The number of nitrogens with one attached hydrogen (secondary N) is 1. The van der Waals surface area contributed by atoms with Gasteiger partial charge in [0.05, 0.1) is 6.54 Å². The Morgan fingerprint density at radius 2 is 2.47 bits per heavy atom. The SMILES string of the molecule is C=CCN=C1SCCN1C(=S)Nc1cccc(Cl)c1. The fraction of sp³-hybridized carbons (Fsp3) is 0.231. The predicted molar refractivity (Wildman–Crippen MR) is 89.3 cm³/mol. The maximum absolute atomic E-state index is 5.95. The third-order valence-corrected chi connectivity index (χ3v) is 4.01. The first kappa shape index (κ1) is 14.4. The molecule has 0 unspecified atom stereocenters. The number of rotatable bonds is 3. The Hall–Kier alpha value is -1.04. The molecule has 0 aromatic heterocycles. The van der Waals surface area contributed by atoms with Crippen molar-refractivity contribution in [3.63, 3.8) is 0 Å². The molecule has 1 N–H and O–H groups in total. The molecule has 0 radical (unpaired) electrons. The predicted octanol–water partition coefficient (Wildman–Crippen LogP) is 3.63. The quantitative estimate of drug-likeness (QED) is 0.681. The van der Waals surface area contributed by atoms with Crippen LogP contribution < -0.4 is 5.32 Å². The highest BCUT2D eigenvalue weighted by atomic mass is 35.5. The molecule has 1 heterocycles. The molecular formula is C13H14ClN3S2. The standard InChI is InChI=1S/C13H14ClN3S2/c1-2-6-15-13-17(7-8-19-13)12(18)16-11-5-3-4-10(14)9-11/h2-5,9H,1,6-8H2,(H,16,18). The number of benzene rings is 1. The van der Waals surface area contributed by atoms with Crippen LogP contribution in [0.1, 0.15) is 0 Å². The minimum atomic E-state index is 0.610. The van der Waals surface area contributed by atoms with Crippen molar-refractivity contribution in [1.82, 2.24) is 4.90 Å². The van der Waals surface area contributed by atoms with Crippen molar-refractivity contribution < 1.29 is 0 Å². The zero-order valence-electron chi connectivity index (χ0n) is 10.3. The number of halogens is 1. The molecule has 0 spiro atoms. The van der Waals surface area contributed by atoms with E-state index < -0.39 is 0 Å². The molecule has 0 aliphatic carbocycles. The Balaban J connectivity index is 2.05. The fourth-order valence-electron chi connectivity index (χ4n) is 1.62. The van der Waals surface area contributed by atoms with Crippen LogP contribution in [0.15, 0.2) is 41.9 Å². The van der Waals surface area contributed by atoms with Crippen molar-refractivity contribution in [2.75, 3.05) is 24.2 Å². The molecule has 6 heteroatoms. The average molecular weight is 312 g/mol. The highest BCUT2D eigenvalue weighted by Gasteiger charge is 2.22. The van der Waals surface area contributed by atoms with Crippen LogP contribution in [0.4, 0.5) is 5.69 Å². The molecule has 19 heavy (non-hydrogen) atoms. The van der Waals surface area contributed by atoms with Crippen LogP contribution in [0, 0.1) is 0 Å². The van der Waals surface area contributed by atoms with Gasteiger partial charge in [0.25, 0.3) is 0 Å². The molecule has 0 atom stereocenters. The normalized spacial score (nSPS) is 16.7. The number of hydrogen-bond acceptors (Lipinski definition) is 3. The number of amidine groups is 1. The number of hydrogen-bond donors (Lipinski definition) is 1. The van der Waals surface area contributed by atoms with Gasteiger partial charge in [-0.05, 0) is 30.4 Å². The molecule has 0 saturated carbocycles. The molecule has 1 aromatic rings. The van der Waals surface area contributed by atoms with Gasteiger partial charge in [0.1, 0.15) is 0 Å². The summed E-state index contributed by atoms with van der Waals surface area (Å²) in [6, 6.07) is 7.50. The summed E-state index contributed by atoms with van der Waals surface area (Å²) in [5.41, 5.74) is 0.887. The summed E-state index contributed by atoms with van der Waals surface area (Å²) in [7, 11) is 0. The van der Waals surface area contributed by atoms with E-state index >= 15 is 0 Å². The van der Waals surface area contributed by atoms with E-state index in [4.69, 9.17) is 23.8 Å². The molecule has 100 valence electrons. The zero-order chi connectivity index (χ0) is 13.7. The number of thiocarbonyl (C=S) groups is 1. The first-order chi connectivity index (χ1) is 9.20. The van der Waals surface area contributed by atoms with Crippen LogP contribution in [-0.2, 0) is 0 Å². The van der Waals surface area contributed by atoms with Crippen LogP contribution in [0.25, 0.3) is 0 Å². The monoisotopic (exact) mass is 311 g/mol. The van der Waals surface area contributed by atoms with Crippen molar-refractivity contribution in [2.45, 2.75) is 0 Å². The van der Waals surface area contributed by atoms with E-state index in [9.17, 15) is 0 Å². The minimum Gasteiger partial charge on any atom is -0.332 e. The Kier molecular flexibility index (Phi) is 5.24.